The van der Waals surface area contributed by atoms with Gasteiger partial charge in [0.25, 0.3) is 0 Å². The van der Waals surface area contributed by atoms with E-state index in [1.165, 1.54) is 12.1 Å². The van der Waals surface area contributed by atoms with Crippen LogP contribution < -0.4 is 4.74 Å². The number of hydrogen-bond acceptors (Lipinski definition) is 2. The van der Waals surface area contributed by atoms with E-state index in [1.807, 2.05) is 19.9 Å². The number of fused-ring (bicyclic) bond motifs is 1. The predicted octanol–water partition coefficient (Wildman–Crippen LogP) is 3.16. The number of benzene rings is 1. The van der Waals surface area contributed by atoms with Gasteiger partial charge in [0.1, 0.15) is 5.82 Å². The first kappa shape index (κ1) is 9.90. The fourth-order valence-electron chi connectivity index (χ4n) is 1.43. The fourth-order valence-corrected chi connectivity index (χ4v) is 1.43. The Morgan fingerprint density at radius 3 is 2.80 bits per heavy atom. The zero-order valence-electron chi connectivity index (χ0n) is 8.70. The zero-order valence-corrected chi connectivity index (χ0v) is 8.70. The molecular weight excluding hydrogens is 193 g/mol. The summed E-state index contributed by atoms with van der Waals surface area (Å²) in [6, 6.07) is 6.43. The molecule has 78 valence electrons. The summed E-state index contributed by atoms with van der Waals surface area (Å²) in [5.74, 6) is 0.214. The normalized spacial score (nSPS) is 10.9. The maximum absolute atomic E-state index is 13.1. The molecule has 2 rings (SSSR count). The molecule has 15 heavy (non-hydrogen) atoms. The molecule has 3 heteroatoms. The summed E-state index contributed by atoms with van der Waals surface area (Å²) >= 11 is 0. The number of nitrogens with zero attached hydrogens (tertiary/aromatic N) is 1. The average Bonchev–Trinajstić information content (AvgIpc) is 2.18. The Hall–Kier alpha value is -1.64. The number of hydrogen-bond donors (Lipinski definition) is 0. The molecule has 0 saturated heterocycles. The Morgan fingerprint density at radius 1 is 1.27 bits per heavy atom. The van der Waals surface area contributed by atoms with Crippen LogP contribution in [0, 0.1) is 5.82 Å². The lowest BCUT2D eigenvalue weighted by Gasteiger charge is -2.10. The van der Waals surface area contributed by atoms with E-state index < -0.39 is 0 Å². The summed E-state index contributed by atoms with van der Waals surface area (Å²) in [6.45, 7) is 3.83. The third kappa shape index (κ3) is 2.06. The van der Waals surface area contributed by atoms with E-state index in [1.54, 1.807) is 12.3 Å². The first-order valence-corrected chi connectivity index (χ1v) is 4.88. The van der Waals surface area contributed by atoms with Gasteiger partial charge in [-0.1, -0.05) is 6.07 Å². The lowest BCUT2D eigenvalue weighted by molar-refractivity contribution is 0.236. The van der Waals surface area contributed by atoms with Gasteiger partial charge in [-0.15, -0.1) is 0 Å². The van der Waals surface area contributed by atoms with E-state index in [0.717, 1.165) is 5.39 Å². The second kappa shape index (κ2) is 3.85. The highest BCUT2D eigenvalue weighted by Crippen LogP contribution is 2.24. The van der Waals surface area contributed by atoms with Crippen molar-refractivity contribution >= 4 is 10.8 Å². The molecular formula is C12H12FNO. The van der Waals surface area contributed by atoms with Gasteiger partial charge in [0.15, 0.2) is 0 Å². The Balaban J connectivity index is 2.58. The first-order chi connectivity index (χ1) is 7.16. The molecule has 0 atom stereocenters. The Kier molecular flexibility index (Phi) is 2.54. The van der Waals surface area contributed by atoms with Crippen LogP contribution in [-0.2, 0) is 0 Å². The first-order valence-electron chi connectivity index (χ1n) is 4.88. The molecule has 1 aromatic carbocycles. The van der Waals surface area contributed by atoms with Crippen molar-refractivity contribution in [2.24, 2.45) is 0 Å². The number of aromatic nitrogens is 1. The third-order valence-corrected chi connectivity index (χ3v) is 2.04. The van der Waals surface area contributed by atoms with Crippen molar-refractivity contribution in [1.82, 2.24) is 4.98 Å². The second-order valence-electron chi connectivity index (χ2n) is 3.65. The van der Waals surface area contributed by atoms with Crippen molar-refractivity contribution in [3.05, 3.63) is 36.3 Å². The zero-order chi connectivity index (χ0) is 10.8. The molecule has 0 aliphatic carbocycles. The van der Waals surface area contributed by atoms with Crippen LogP contribution in [0.25, 0.3) is 10.8 Å². The Morgan fingerprint density at radius 2 is 2.07 bits per heavy atom. The molecule has 2 aromatic rings. The second-order valence-corrected chi connectivity index (χ2v) is 3.65. The van der Waals surface area contributed by atoms with E-state index in [9.17, 15) is 4.39 Å². The molecule has 1 heterocycles. The Labute approximate surface area is 87.7 Å². The fraction of sp³-hybridized carbons (Fsp3) is 0.250. The van der Waals surface area contributed by atoms with E-state index >= 15 is 0 Å². The summed E-state index contributed by atoms with van der Waals surface area (Å²) in [5, 5.41) is 1.65. The van der Waals surface area contributed by atoms with Crippen LogP contribution in [0.2, 0.25) is 0 Å². The van der Waals surface area contributed by atoms with Crippen LogP contribution in [0.15, 0.2) is 30.5 Å². The van der Waals surface area contributed by atoms with E-state index in [2.05, 4.69) is 4.98 Å². The highest BCUT2D eigenvalue weighted by atomic mass is 19.1. The van der Waals surface area contributed by atoms with Crippen LogP contribution in [0.1, 0.15) is 13.8 Å². The largest absolute Gasteiger partial charge is 0.475 e. The monoisotopic (exact) mass is 205 g/mol. The van der Waals surface area contributed by atoms with Gasteiger partial charge in [-0.2, -0.15) is 0 Å². The standard InChI is InChI=1S/C12H12FNO/c1-8(2)15-12-11-7-10(13)4-3-9(11)5-6-14-12/h3-8H,1-2H3. The molecule has 1 aromatic heterocycles. The van der Waals surface area contributed by atoms with Crippen molar-refractivity contribution in [2.75, 3.05) is 0 Å². The molecule has 0 aliphatic heterocycles. The van der Waals surface area contributed by atoms with Crippen LogP contribution in [-0.4, -0.2) is 11.1 Å². The summed E-state index contributed by atoms with van der Waals surface area (Å²) in [7, 11) is 0. The molecule has 0 amide bonds. The van der Waals surface area contributed by atoms with Crippen molar-refractivity contribution in [3.63, 3.8) is 0 Å². The van der Waals surface area contributed by atoms with Gasteiger partial charge in [-0.3, -0.25) is 0 Å². The van der Waals surface area contributed by atoms with Crippen LogP contribution in [0.4, 0.5) is 4.39 Å². The minimum absolute atomic E-state index is 0.0337. The SMILES string of the molecule is CC(C)Oc1nccc2ccc(F)cc12. The summed E-state index contributed by atoms with van der Waals surface area (Å²) < 4.78 is 18.6. The van der Waals surface area contributed by atoms with Gasteiger partial charge >= 0.3 is 0 Å². The van der Waals surface area contributed by atoms with Crippen molar-refractivity contribution in [1.29, 1.82) is 0 Å². The number of ether oxygens (including phenoxy) is 1. The van der Waals surface area contributed by atoms with E-state index in [0.29, 0.717) is 11.3 Å². The minimum Gasteiger partial charge on any atom is -0.475 e. The summed E-state index contributed by atoms with van der Waals surface area (Å²) in [6.07, 6.45) is 1.70. The van der Waals surface area contributed by atoms with E-state index in [4.69, 9.17) is 4.74 Å². The lowest BCUT2D eigenvalue weighted by Crippen LogP contribution is -2.07. The molecule has 0 spiro atoms. The highest BCUT2D eigenvalue weighted by molar-refractivity contribution is 5.86. The molecule has 0 unspecified atom stereocenters. The van der Waals surface area contributed by atoms with E-state index in [-0.39, 0.29) is 11.9 Å². The van der Waals surface area contributed by atoms with Crippen molar-refractivity contribution in [3.8, 4) is 5.88 Å². The van der Waals surface area contributed by atoms with Crippen molar-refractivity contribution in [2.45, 2.75) is 20.0 Å². The van der Waals surface area contributed by atoms with Gasteiger partial charge in [-0.05, 0) is 37.4 Å². The number of rotatable bonds is 2. The van der Waals surface area contributed by atoms with Gasteiger partial charge in [-0.25, -0.2) is 9.37 Å². The van der Waals surface area contributed by atoms with Crippen molar-refractivity contribution < 1.29 is 9.13 Å². The molecule has 2 nitrogen and oxygen atoms in total. The summed E-state index contributed by atoms with van der Waals surface area (Å²) in [5.41, 5.74) is 0. The maximum Gasteiger partial charge on any atom is 0.221 e. The summed E-state index contributed by atoms with van der Waals surface area (Å²) in [4.78, 5) is 4.10. The minimum atomic E-state index is -0.274. The Bertz CT molecular complexity index is 482. The van der Waals surface area contributed by atoms with Crippen LogP contribution in [0.5, 0.6) is 5.88 Å². The topological polar surface area (TPSA) is 22.1 Å². The molecule has 0 aliphatic rings. The number of halogens is 1. The third-order valence-electron chi connectivity index (χ3n) is 2.04. The molecule has 0 bridgehead atoms. The predicted molar refractivity (Wildman–Crippen MR) is 57.5 cm³/mol. The van der Waals surface area contributed by atoms with Crippen LogP contribution >= 0.6 is 0 Å². The van der Waals surface area contributed by atoms with Gasteiger partial charge in [0, 0.05) is 11.6 Å². The van der Waals surface area contributed by atoms with Gasteiger partial charge in [0.2, 0.25) is 5.88 Å². The number of pyridine rings is 1. The smallest absolute Gasteiger partial charge is 0.221 e. The lowest BCUT2D eigenvalue weighted by atomic mass is 10.2. The quantitative estimate of drug-likeness (QED) is 0.751. The van der Waals surface area contributed by atoms with Gasteiger partial charge < -0.3 is 4.74 Å². The highest BCUT2D eigenvalue weighted by Gasteiger charge is 2.06. The average molecular weight is 205 g/mol. The molecule has 0 radical (unpaired) electrons. The van der Waals surface area contributed by atoms with Crippen LogP contribution in [0.3, 0.4) is 0 Å². The molecule has 0 saturated carbocycles. The van der Waals surface area contributed by atoms with Gasteiger partial charge in [0.05, 0.1) is 6.10 Å². The maximum atomic E-state index is 13.1. The molecule has 0 N–H and O–H groups in total. The molecule has 0 fully saturated rings.